The molecule has 0 amide bonds. The summed E-state index contributed by atoms with van der Waals surface area (Å²) in [5.74, 6) is 2.20. The summed E-state index contributed by atoms with van der Waals surface area (Å²) in [5.41, 5.74) is 0.737. The molecule has 11 heavy (non-hydrogen) atoms. The molecule has 2 rings (SSSR count). The van der Waals surface area contributed by atoms with E-state index in [4.69, 9.17) is 0 Å². The van der Waals surface area contributed by atoms with E-state index in [0.29, 0.717) is 0 Å². The third-order valence-corrected chi connectivity index (χ3v) is 4.33. The van der Waals surface area contributed by atoms with Gasteiger partial charge in [-0.1, -0.05) is 33.1 Å². The maximum Gasteiger partial charge on any atom is -0.0297 e. The van der Waals surface area contributed by atoms with Gasteiger partial charge in [0, 0.05) is 0 Å². The van der Waals surface area contributed by atoms with Crippen molar-refractivity contribution >= 4 is 0 Å². The Balaban J connectivity index is 2.14. The van der Waals surface area contributed by atoms with Crippen molar-refractivity contribution in [3.8, 4) is 0 Å². The predicted octanol–water partition coefficient (Wildman–Crippen LogP) is 3.61. The molecule has 64 valence electrons. The summed E-state index contributed by atoms with van der Waals surface area (Å²) in [6.07, 6.45) is 9.09. The zero-order chi connectivity index (χ0) is 7.90. The van der Waals surface area contributed by atoms with Crippen LogP contribution in [0.4, 0.5) is 0 Å². The van der Waals surface area contributed by atoms with Crippen molar-refractivity contribution in [1.29, 1.82) is 0 Å². The lowest BCUT2D eigenvalue weighted by Crippen LogP contribution is -2.20. The Labute approximate surface area is 70.4 Å². The molecule has 2 aliphatic carbocycles. The zero-order valence-electron chi connectivity index (χ0n) is 7.90. The van der Waals surface area contributed by atoms with Gasteiger partial charge < -0.3 is 0 Å². The second kappa shape index (κ2) is 2.50. The maximum atomic E-state index is 2.52. The van der Waals surface area contributed by atoms with Gasteiger partial charge in [-0.2, -0.15) is 0 Å². The van der Waals surface area contributed by atoms with Crippen LogP contribution in [-0.2, 0) is 0 Å². The minimum atomic E-state index is 0.737. The molecule has 2 fully saturated rings. The highest BCUT2D eigenvalue weighted by molar-refractivity contribution is 4.94. The summed E-state index contributed by atoms with van der Waals surface area (Å²) in [4.78, 5) is 0. The summed E-state index contributed by atoms with van der Waals surface area (Å²) in [5, 5.41) is 0. The molecule has 0 nitrogen and oxygen atoms in total. The molecule has 2 aliphatic rings. The second-order valence-electron chi connectivity index (χ2n) is 4.94. The Morgan fingerprint density at radius 1 is 1.36 bits per heavy atom. The van der Waals surface area contributed by atoms with Crippen LogP contribution in [0.2, 0.25) is 0 Å². The summed E-state index contributed by atoms with van der Waals surface area (Å²) in [7, 11) is 0. The lowest BCUT2D eigenvalue weighted by molar-refractivity contribution is 0.207. The molecular formula is C11H20. The van der Waals surface area contributed by atoms with Crippen LogP contribution in [0.3, 0.4) is 0 Å². The van der Waals surface area contributed by atoms with Crippen LogP contribution >= 0.6 is 0 Å². The van der Waals surface area contributed by atoms with Gasteiger partial charge in [0.2, 0.25) is 0 Å². The number of rotatable bonds is 1. The van der Waals surface area contributed by atoms with Gasteiger partial charge in [-0.05, 0) is 36.5 Å². The fraction of sp³-hybridized carbons (Fsp3) is 1.00. The van der Waals surface area contributed by atoms with Crippen LogP contribution in [0.5, 0.6) is 0 Å². The molecule has 0 aromatic carbocycles. The van der Waals surface area contributed by atoms with Gasteiger partial charge in [-0.15, -0.1) is 0 Å². The van der Waals surface area contributed by atoms with Crippen LogP contribution in [0, 0.1) is 17.3 Å². The largest absolute Gasteiger partial charge is 0.0649 e. The number of hydrogen-bond donors (Lipinski definition) is 0. The van der Waals surface area contributed by atoms with E-state index in [0.717, 1.165) is 17.3 Å². The quantitative estimate of drug-likeness (QED) is 0.538. The van der Waals surface area contributed by atoms with Crippen LogP contribution < -0.4 is 0 Å². The Hall–Kier alpha value is 0. The minimum Gasteiger partial charge on any atom is -0.0649 e. The highest BCUT2D eigenvalue weighted by Gasteiger charge is 2.43. The molecule has 3 atom stereocenters. The van der Waals surface area contributed by atoms with Crippen molar-refractivity contribution < 1.29 is 0 Å². The van der Waals surface area contributed by atoms with Crippen LogP contribution in [0.15, 0.2) is 0 Å². The zero-order valence-corrected chi connectivity index (χ0v) is 7.90. The van der Waals surface area contributed by atoms with Crippen molar-refractivity contribution in [1.82, 2.24) is 0 Å². The lowest BCUT2D eigenvalue weighted by Gasteiger charge is -2.30. The fourth-order valence-electron chi connectivity index (χ4n) is 3.37. The maximum absolute atomic E-state index is 2.52. The molecule has 0 aromatic rings. The second-order valence-corrected chi connectivity index (χ2v) is 4.94. The van der Waals surface area contributed by atoms with Crippen LogP contribution in [0.25, 0.3) is 0 Å². The fourth-order valence-corrected chi connectivity index (χ4v) is 3.37. The van der Waals surface area contributed by atoms with E-state index in [9.17, 15) is 0 Å². The molecule has 0 radical (unpaired) electrons. The predicted molar refractivity (Wildman–Crippen MR) is 48.5 cm³/mol. The molecule has 0 spiro atoms. The first-order valence-corrected chi connectivity index (χ1v) is 5.24. The summed E-state index contributed by atoms with van der Waals surface area (Å²) in [6, 6.07) is 0. The minimum absolute atomic E-state index is 0.737. The SMILES string of the molecule is CCC1(C)CC2CCCC1C2. The highest BCUT2D eigenvalue weighted by Crippen LogP contribution is 2.54. The average Bonchev–Trinajstić information content (AvgIpc) is 2.25. The van der Waals surface area contributed by atoms with Crippen molar-refractivity contribution in [3.05, 3.63) is 0 Å². The summed E-state index contributed by atoms with van der Waals surface area (Å²) in [6.45, 7) is 4.89. The van der Waals surface area contributed by atoms with Crippen LogP contribution in [-0.4, -0.2) is 0 Å². The van der Waals surface area contributed by atoms with E-state index in [1.807, 2.05) is 0 Å². The first-order valence-electron chi connectivity index (χ1n) is 5.24. The molecule has 0 aliphatic heterocycles. The van der Waals surface area contributed by atoms with Crippen molar-refractivity contribution in [3.63, 3.8) is 0 Å². The molecule has 0 N–H and O–H groups in total. The van der Waals surface area contributed by atoms with Crippen molar-refractivity contribution in [2.24, 2.45) is 17.3 Å². The topological polar surface area (TPSA) is 0 Å². The van der Waals surface area contributed by atoms with Gasteiger partial charge in [-0.25, -0.2) is 0 Å². The van der Waals surface area contributed by atoms with Crippen molar-refractivity contribution in [2.75, 3.05) is 0 Å². The molecule has 0 heteroatoms. The van der Waals surface area contributed by atoms with Gasteiger partial charge in [0.05, 0.1) is 0 Å². The Morgan fingerprint density at radius 3 is 2.82 bits per heavy atom. The molecule has 0 heterocycles. The third kappa shape index (κ3) is 1.11. The van der Waals surface area contributed by atoms with E-state index < -0.39 is 0 Å². The number of hydrogen-bond acceptors (Lipinski definition) is 0. The third-order valence-electron chi connectivity index (χ3n) is 4.33. The van der Waals surface area contributed by atoms with Gasteiger partial charge in [-0.3, -0.25) is 0 Å². The highest BCUT2D eigenvalue weighted by atomic mass is 14.5. The molecular weight excluding hydrogens is 132 g/mol. The standard InChI is InChI=1S/C11H20/c1-3-11(2)8-9-5-4-6-10(11)7-9/h9-10H,3-8H2,1-2H3. The molecule has 0 aromatic heterocycles. The van der Waals surface area contributed by atoms with Gasteiger partial charge in [0.15, 0.2) is 0 Å². The smallest absolute Gasteiger partial charge is 0.0297 e. The van der Waals surface area contributed by atoms with Gasteiger partial charge >= 0.3 is 0 Å². The monoisotopic (exact) mass is 152 g/mol. The van der Waals surface area contributed by atoms with E-state index in [-0.39, 0.29) is 0 Å². The summed E-state index contributed by atoms with van der Waals surface area (Å²) < 4.78 is 0. The lowest BCUT2D eigenvalue weighted by atomic mass is 9.76. The van der Waals surface area contributed by atoms with Gasteiger partial charge in [0.25, 0.3) is 0 Å². The van der Waals surface area contributed by atoms with E-state index in [1.54, 1.807) is 6.42 Å². The molecule has 2 bridgehead atoms. The van der Waals surface area contributed by atoms with Crippen LogP contribution in [0.1, 0.15) is 52.4 Å². The Bertz CT molecular complexity index is 150. The van der Waals surface area contributed by atoms with E-state index in [2.05, 4.69) is 13.8 Å². The molecule has 2 saturated carbocycles. The van der Waals surface area contributed by atoms with Crippen molar-refractivity contribution in [2.45, 2.75) is 52.4 Å². The van der Waals surface area contributed by atoms with E-state index in [1.165, 1.54) is 32.1 Å². The Kier molecular flexibility index (Phi) is 1.74. The first kappa shape index (κ1) is 7.64. The van der Waals surface area contributed by atoms with E-state index >= 15 is 0 Å². The first-order chi connectivity index (χ1) is 5.24. The van der Waals surface area contributed by atoms with Gasteiger partial charge in [0.1, 0.15) is 0 Å². The molecule has 3 unspecified atom stereocenters. The average molecular weight is 152 g/mol. The normalized spacial score (nSPS) is 49.6. The summed E-state index contributed by atoms with van der Waals surface area (Å²) >= 11 is 0. The molecule has 0 saturated heterocycles. The Morgan fingerprint density at radius 2 is 2.18 bits per heavy atom. The number of fused-ring (bicyclic) bond motifs is 2.